The third-order valence-corrected chi connectivity index (χ3v) is 2.88. The summed E-state index contributed by atoms with van der Waals surface area (Å²) < 4.78 is 3.79. The Morgan fingerprint density at radius 3 is 2.94 bits per heavy atom. The minimum atomic E-state index is 0.460. The third kappa shape index (κ3) is 2.87. The number of hydrogen-bond acceptors (Lipinski definition) is 3. The van der Waals surface area contributed by atoms with Gasteiger partial charge in [-0.3, -0.25) is 9.36 Å². The van der Waals surface area contributed by atoms with Crippen LogP contribution in [0.4, 0.5) is 5.69 Å². The van der Waals surface area contributed by atoms with Crippen molar-refractivity contribution in [2.24, 2.45) is 7.05 Å². The van der Waals surface area contributed by atoms with Crippen molar-refractivity contribution in [3.05, 3.63) is 30.4 Å². The summed E-state index contributed by atoms with van der Waals surface area (Å²) in [5, 5.41) is 11.9. The van der Waals surface area contributed by atoms with Gasteiger partial charge in [-0.05, 0) is 19.4 Å². The summed E-state index contributed by atoms with van der Waals surface area (Å²) in [7, 11) is 1.91. The van der Waals surface area contributed by atoms with E-state index < -0.39 is 0 Å². The lowest BCUT2D eigenvalue weighted by atomic mass is 10.3. The van der Waals surface area contributed by atoms with Crippen LogP contribution in [0.15, 0.2) is 24.7 Å². The van der Waals surface area contributed by atoms with E-state index in [1.54, 1.807) is 4.68 Å². The molecule has 0 radical (unpaired) electrons. The van der Waals surface area contributed by atoms with Gasteiger partial charge in [0.25, 0.3) is 0 Å². The van der Waals surface area contributed by atoms with E-state index in [-0.39, 0.29) is 0 Å². The van der Waals surface area contributed by atoms with Gasteiger partial charge in [0, 0.05) is 25.5 Å². The number of nitrogens with zero attached hydrogens (tertiary/aromatic N) is 4. The standard InChI is InChI=1S/C12H19N5/c1-4-10(2)17-6-5-11(15-17)7-13-12-8-14-16(3)9-12/h5-6,8-10,13H,4,7H2,1-3H3. The molecule has 2 rings (SSSR count). The molecular weight excluding hydrogens is 214 g/mol. The highest BCUT2D eigenvalue weighted by Crippen LogP contribution is 2.10. The van der Waals surface area contributed by atoms with Crippen molar-refractivity contribution in [1.82, 2.24) is 19.6 Å². The first-order chi connectivity index (χ1) is 8.19. The predicted octanol–water partition coefficient (Wildman–Crippen LogP) is 2.20. The Labute approximate surface area is 101 Å². The van der Waals surface area contributed by atoms with Crippen LogP contribution in [0.25, 0.3) is 0 Å². The van der Waals surface area contributed by atoms with Crippen molar-refractivity contribution in [2.75, 3.05) is 5.32 Å². The SMILES string of the molecule is CCC(C)n1ccc(CNc2cnn(C)c2)n1. The second-order valence-electron chi connectivity index (χ2n) is 4.30. The molecule has 17 heavy (non-hydrogen) atoms. The molecule has 0 fully saturated rings. The normalized spacial score (nSPS) is 12.6. The maximum Gasteiger partial charge on any atom is 0.0815 e. The van der Waals surface area contributed by atoms with Gasteiger partial charge >= 0.3 is 0 Å². The lowest BCUT2D eigenvalue weighted by Gasteiger charge is -2.08. The van der Waals surface area contributed by atoms with Gasteiger partial charge in [0.05, 0.1) is 24.1 Å². The molecule has 0 aliphatic carbocycles. The minimum absolute atomic E-state index is 0.460. The summed E-state index contributed by atoms with van der Waals surface area (Å²) in [5.74, 6) is 0. The zero-order chi connectivity index (χ0) is 12.3. The van der Waals surface area contributed by atoms with Gasteiger partial charge in [-0.25, -0.2) is 0 Å². The number of anilines is 1. The van der Waals surface area contributed by atoms with Crippen LogP contribution in [0.3, 0.4) is 0 Å². The van der Waals surface area contributed by atoms with E-state index in [2.05, 4.69) is 35.4 Å². The first kappa shape index (κ1) is 11.7. The molecule has 0 saturated heterocycles. The van der Waals surface area contributed by atoms with Gasteiger partial charge in [-0.1, -0.05) is 6.92 Å². The van der Waals surface area contributed by atoms with E-state index in [1.165, 1.54) is 0 Å². The number of nitrogens with one attached hydrogen (secondary N) is 1. The fraction of sp³-hybridized carbons (Fsp3) is 0.500. The van der Waals surface area contributed by atoms with E-state index in [4.69, 9.17) is 0 Å². The van der Waals surface area contributed by atoms with E-state index in [0.717, 1.165) is 24.3 Å². The van der Waals surface area contributed by atoms with Gasteiger partial charge in [0.15, 0.2) is 0 Å². The molecular formula is C12H19N5. The van der Waals surface area contributed by atoms with Crippen LogP contribution in [0, 0.1) is 0 Å². The Hall–Kier alpha value is -1.78. The van der Waals surface area contributed by atoms with Crippen molar-refractivity contribution in [3.8, 4) is 0 Å². The Bertz CT molecular complexity index is 471. The number of aromatic nitrogens is 4. The second kappa shape index (κ2) is 5.03. The lowest BCUT2D eigenvalue weighted by molar-refractivity contribution is 0.474. The number of rotatable bonds is 5. The van der Waals surface area contributed by atoms with Crippen molar-refractivity contribution >= 4 is 5.69 Å². The molecule has 0 aromatic carbocycles. The first-order valence-corrected chi connectivity index (χ1v) is 5.95. The zero-order valence-corrected chi connectivity index (χ0v) is 10.6. The highest BCUT2D eigenvalue weighted by atomic mass is 15.3. The van der Waals surface area contributed by atoms with E-state index >= 15 is 0 Å². The van der Waals surface area contributed by atoms with Gasteiger partial charge in [0.1, 0.15) is 0 Å². The molecule has 5 nitrogen and oxygen atoms in total. The average Bonchev–Trinajstić information content (AvgIpc) is 2.94. The maximum atomic E-state index is 4.53. The van der Waals surface area contributed by atoms with Crippen LogP contribution in [-0.2, 0) is 13.6 Å². The average molecular weight is 233 g/mol. The van der Waals surface area contributed by atoms with Crippen molar-refractivity contribution in [1.29, 1.82) is 0 Å². The summed E-state index contributed by atoms with van der Waals surface area (Å²) in [5.41, 5.74) is 2.07. The van der Waals surface area contributed by atoms with E-state index in [9.17, 15) is 0 Å². The summed E-state index contributed by atoms with van der Waals surface area (Å²) in [4.78, 5) is 0. The number of aryl methyl sites for hydroxylation is 1. The maximum absolute atomic E-state index is 4.53. The quantitative estimate of drug-likeness (QED) is 0.861. The Kier molecular flexibility index (Phi) is 3.46. The van der Waals surface area contributed by atoms with Crippen LogP contribution in [-0.4, -0.2) is 19.6 Å². The van der Waals surface area contributed by atoms with E-state index in [0.29, 0.717) is 6.04 Å². The topological polar surface area (TPSA) is 47.7 Å². The summed E-state index contributed by atoms with van der Waals surface area (Å²) in [6, 6.07) is 2.51. The molecule has 5 heteroatoms. The highest BCUT2D eigenvalue weighted by molar-refractivity contribution is 5.38. The molecule has 2 heterocycles. The molecule has 1 unspecified atom stereocenters. The predicted molar refractivity (Wildman–Crippen MR) is 67.8 cm³/mol. The number of hydrogen-bond donors (Lipinski definition) is 1. The molecule has 1 atom stereocenters. The smallest absolute Gasteiger partial charge is 0.0815 e. The third-order valence-electron chi connectivity index (χ3n) is 2.88. The summed E-state index contributed by atoms with van der Waals surface area (Å²) in [6.45, 7) is 5.07. The molecule has 92 valence electrons. The molecule has 0 bridgehead atoms. The van der Waals surface area contributed by atoms with Crippen LogP contribution in [0.2, 0.25) is 0 Å². The molecule has 0 amide bonds. The largest absolute Gasteiger partial charge is 0.377 e. The Morgan fingerprint density at radius 2 is 2.29 bits per heavy atom. The second-order valence-corrected chi connectivity index (χ2v) is 4.30. The van der Waals surface area contributed by atoms with E-state index in [1.807, 2.05) is 30.3 Å². The van der Waals surface area contributed by atoms with Gasteiger partial charge in [-0.2, -0.15) is 10.2 Å². The van der Waals surface area contributed by atoms with Crippen LogP contribution >= 0.6 is 0 Å². The van der Waals surface area contributed by atoms with Gasteiger partial charge in [-0.15, -0.1) is 0 Å². The zero-order valence-electron chi connectivity index (χ0n) is 10.6. The molecule has 0 saturated carbocycles. The van der Waals surface area contributed by atoms with Gasteiger partial charge in [0.2, 0.25) is 0 Å². The van der Waals surface area contributed by atoms with Crippen LogP contribution in [0.1, 0.15) is 32.0 Å². The Balaban J connectivity index is 1.93. The monoisotopic (exact) mass is 233 g/mol. The lowest BCUT2D eigenvalue weighted by Crippen LogP contribution is -2.06. The Morgan fingerprint density at radius 1 is 1.47 bits per heavy atom. The fourth-order valence-electron chi connectivity index (χ4n) is 1.61. The summed E-state index contributed by atoms with van der Waals surface area (Å²) >= 11 is 0. The molecule has 2 aromatic heterocycles. The molecule has 0 aliphatic rings. The van der Waals surface area contributed by atoms with Crippen molar-refractivity contribution in [3.63, 3.8) is 0 Å². The molecule has 0 spiro atoms. The van der Waals surface area contributed by atoms with Crippen LogP contribution < -0.4 is 5.32 Å². The molecule has 0 aliphatic heterocycles. The van der Waals surface area contributed by atoms with Crippen molar-refractivity contribution < 1.29 is 0 Å². The summed E-state index contributed by atoms with van der Waals surface area (Å²) in [6.07, 6.45) is 6.89. The van der Waals surface area contributed by atoms with Gasteiger partial charge < -0.3 is 5.32 Å². The molecule has 1 N–H and O–H groups in total. The first-order valence-electron chi connectivity index (χ1n) is 5.95. The molecule has 2 aromatic rings. The fourth-order valence-corrected chi connectivity index (χ4v) is 1.61. The van der Waals surface area contributed by atoms with Crippen LogP contribution in [0.5, 0.6) is 0 Å². The van der Waals surface area contributed by atoms with Crippen molar-refractivity contribution in [2.45, 2.75) is 32.9 Å². The highest BCUT2D eigenvalue weighted by Gasteiger charge is 2.04. The minimum Gasteiger partial charge on any atom is -0.377 e.